The van der Waals surface area contributed by atoms with Gasteiger partial charge in [-0.15, -0.1) is 12.4 Å². The van der Waals surface area contributed by atoms with Crippen molar-refractivity contribution in [3.8, 4) is 5.75 Å². The van der Waals surface area contributed by atoms with Crippen LogP contribution in [0.4, 0.5) is 0 Å². The first-order valence-electron chi connectivity index (χ1n) is 10.6. The quantitative estimate of drug-likeness (QED) is 0.829. The number of ether oxygens (including phenoxy) is 1. The van der Waals surface area contributed by atoms with E-state index in [0.29, 0.717) is 30.4 Å². The summed E-state index contributed by atoms with van der Waals surface area (Å²) in [6, 6.07) is 6.12. The van der Waals surface area contributed by atoms with E-state index in [1.54, 1.807) is 6.07 Å². The second-order valence-electron chi connectivity index (χ2n) is 9.50. The van der Waals surface area contributed by atoms with E-state index in [2.05, 4.69) is 17.9 Å². The Labute approximate surface area is 174 Å². The van der Waals surface area contributed by atoms with E-state index in [0.717, 1.165) is 25.3 Å². The molecule has 1 aliphatic heterocycles. The maximum absolute atomic E-state index is 12.8. The molecule has 2 saturated carbocycles. The Bertz CT molecular complexity index is 779. The van der Waals surface area contributed by atoms with Crippen molar-refractivity contribution >= 4 is 18.2 Å². The number of Topliss-reactive ketones (excluding diaryl/α,β-unsaturated/α-hetero) is 1. The molecule has 1 heterocycles. The van der Waals surface area contributed by atoms with Crippen molar-refractivity contribution in [3.63, 3.8) is 0 Å². The van der Waals surface area contributed by atoms with Crippen LogP contribution in [0.15, 0.2) is 18.2 Å². The molecule has 0 aromatic heterocycles. The average Bonchev–Trinajstić information content (AvgIpc) is 2.59. The number of halogens is 1. The van der Waals surface area contributed by atoms with E-state index >= 15 is 0 Å². The van der Waals surface area contributed by atoms with E-state index in [1.165, 1.54) is 36.9 Å². The minimum absolute atomic E-state index is 0. The molecule has 0 radical (unpaired) electrons. The predicted octanol–water partition coefficient (Wildman–Crippen LogP) is 3.87. The number of rotatable bonds is 3. The number of ketones is 1. The van der Waals surface area contributed by atoms with Gasteiger partial charge in [-0.05, 0) is 67.3 Å². The zero-order chi connectivity index (χ0) is 18.8. The lowest BCUT2D eigenvalue weighted by atomic mass is 9.46. The van der Waals surface area contributed by atoms with Gasteiger partial charge in [-0.3, -0.25) is 9.69 Å². The van der Waals surface area contributed by atoms with Crippen LogP contribution in [0, 0.1) is 11.8 Å². The largest absolute Gasteiger partial charge is 0.508 e. The van der Waals surface area contributed by atoms with Crippen LogP contribution in [0.2, 0.25) is 0 Å². The maximum atomic E-state index is 12.8. The maximum Gasteiger partial charge on any atom is 0.134 e. The summed E-state index contributed by atoms with van der Waals surface area (Å²) in [6.07, 6.45) is 7.13. The molecule has 5 rings (SSSR count). The smallest absolute Gasteiger partial charge is 0.134 e. The number of hydrogen-bond acceptors (Lipinski definition) is 4. The molecule has 154 valence electrons. The Morgan fingerprint density at radius 3 is 2.75 bits per heavy atom. The number of methoxy groups -OCH3 is 1. The van der Waals surface area contributed by atoms with Gasteiger partial charge in [0.05, 0.1) is 5.60 Å². The summed E-state index contributed by atoms with van der Waals surface area (Å²) in [7, 11) is 1.86. The van der Waals surface area contributed by atoms with Crippen LogP contribution in [0.25, 0.3) is 0 Å². The van der Waals surface area contributed by atoms with Crippen molar-refractivity contribution in [1.29, 1.82) is 0 Å². The highest BCUT2D eigenvalue weighted by molar-refractivity contribution is 5.85. The number of carbonyl (C=O) groups is 1. The van der Waals surface area contributed by atoms with Crippen molar-refractivity contribution in [3.05, 3.63) is 29.3 Å². The second kappa shape index (κ2) is 7.00. The van der Waals surface area contributed by atoms with Crippen molar-refractivity contribution < 1.29 is 14.6 Å². The lowest BCUT2D eigenvalue weighted by Crippen LogP contribution is -2.76. The Balaban J connectivity index is 0.00000192. The molecule has 4 atom stereocenters. The molecule has 28 heavy (non-hydrogen) atoms. The number of benzene rings is 1. The van der Waals surface area contributed by atoms with Gasteiger partial charge in [-0.2, -0.15) is 0 Å². The van der Waals surface area contributed by atoms with Gasteiger partial charge in [0.25, 0.3) is 0 Å². The molecule has 3 aliphatic carbocycles. The zero-order valence-corrected chi connectivity index (χ0v) is 17.8. The van der Waals surface area contributed by atoms with Gasteiger partial charge >= 0.3 is 0 Å². The number of nitrogens with zero attached hydrogens (tertiary/aromatic N) is 1. The molecule has 0 unspecified atom stereocenters. The van der Waals surface area contributed by atoms with Gasteiger partial charge in [-0.25, -0.2) is 0 Å². The van der Waals surface area contributed by atoms with E-state index in [4.69, 9.17) is 4.74 Å². The first-order chi connectivity index (χ1) is 13.0. The van der Waals surface area contributed by atoms with E-state index in [-0.39, 0.29) is 29.3 Å². The standard InChI is InChI=1S/C23H31NO3.ClH/c1-15-10-19(26)13-22-8-9-24(14-16-4-3-5-16)21(23(15,22)27-2)11-17-6-7-18(25)12-20(17)22;/h6-7,12,15-16,21,25H,3-5,8-11,13-14H2,1-2H3;1H/t15-,21+,22+,23+;/m0./s1. The Kier molecular flexibility index (Phi) is 5.05. The Hall–Kier alpha value is -1.10. The van der Waals surface area contributed by atoms with E-state index in [1.807, 2.05) is 13.2 Å². The van der Waals surface area contributed by atoms with Crippen LogP contribution in [-0.2, 0) is 21.4 Å². The van der Waals surface area contributed by atoms with Gasteiger partial charge < -0.3 is 9.84 Å². The number of fused-ring (bicyclic) bond motifs is 1. The third-order valence-electron chi connectivity index (χ3n) is 8.35. The number of hydrogen-bond donors (Lipinski definition) is 1. The van der Waals surface area contributed by atoms with Crippen LogP contribution in [0.5, 0.6) is 5.75 Å². The predicted molar refractivity (Wildman–Crippen MR) is 111 cm³/mol. The summed E-state index contributed by atoms with van der Waals surface area (Å²) in [5.74, 6) is 1.66. The van der Waals surface area contributed by atoms with Crippen molar-refractivity contribution in [2.45, 2.75) is 68.9 Å². The molecule has 4 aliphatic rings. The number of piperidine rings is 1. The molecule has 1 aromatic carbocycles. The third-order valence-corrected chi connectivity index (χ3v) is 8.35. The molecule has 1 N–H and O–H groups in total. The van der Waals surface area contributed by atoms with Crippen LogP contribution in [0.1, 0.15) is 56.6 Å². The molecule has 1 saturated heterocycles. The topological polar surface area (TPSA) is 49.8 Å². The lowest BCUT2D eigenvalue weighted by Gasteiger charge is -2.67. The van der Waals surface area contributed by atoms with Crippen LogP contribution < -0.4 is 0 Å². The van der Waals surface area contributed by atoms with Gasteiger partial charge in [0.2, 0.25) is 0 Å². The van der Waals surface area contributed by atoms with Crippen molar-refractivity contribution in [1.82, 2.24) is 4.90 Å². The summed E-state index contributed by atoms with van der Waals surface area (Å²) >= 11 is 0. The summed E-state index contributed by atoms with van der Waals surface area (Å²) in [4.78, 5) is 15.4. The monoisotopic (exact) mass is 405 g/mol. The van der Waals surface area contributed by atoms with E-state index in [9.17, 15) is 9.90 Å². The summed E-state index contributed by atoms with van der Waals surface area (Å²) in [5.41, 5.74) is 1.82. The molecule has 0 amide bonds. The van der Waals surface area contributed by atoms with Gasteiger partial charge in [0.1, 0.15) is 11.5 Å². The fraction of sp³-hybridized carbons (Fsp3) is 0.696. The molecule has 0 spiro atoms. The van der Waals surface area contributed by atoms with Crippen LogP contribution in [-0.4, -0.2) is 47.6 Å². The fourth-order valence-electron chi connectivity index (χ4n) is 7.08. The molecule has 5 heteroatoms. The Morgan fingerprint density at radius 1 is 1.29 bits per heavy atom. The number of phenols is 1. The minimum atomic E-state index is -0.344. The van der Waals surface area contributed by atoms with Gasteiger partial charge in [-0.1, -0.05) is 19.4 Å². The summed E-state index contributed by atoms with van der Waals surface area (Å²) < 4.78 is 6.49. The van der Waals surface area contributed by atoms with Crippen molar-refractivity contribution in [2.24, 2.45) is 11.8 Å². The highest BCUT2D eigenvalue weighted by Gasteiger charge is 2.68. The van der Waals surface area contributed by atoms with Crippen LogP contribution in [0.3, 0.4) is 0 Å². The van der Waals surface area contributed by atoms with Gasteiger partial charge in [0, 0.05) is 38.0 Å². The highest BCUT2D eigenvalue weighted by Crippen LogP contribution is 2.61. The summed E-state index contributed by atoms with van der Waals surface area (Å²) in [5, 5.41) is 10.2. The van der Waals surface area contributed by atoms with Crippen molar-refractivity contribution in [2.75, 3.05) is 20.2 Å². The number of aromatic hydroxyl groups is 1. The number of likely N-dealkylation sites (tertiary alicyclic amines) is 1. The SMILES string of the molecule is CO[C@@]12[C@@H](C)CC(=O)C[C@@]13CCN(CC1CCC1)[C@@H]2Cc1ccc(O)cc13.Cl. The van der Waals surface area contributed by atoms with Gasteiger partial charge in [0.15, 0.2) is 0 Å². The second-order valence-corrected chi connectivity index (χ2v) is 9.50. The first-order valence-corrected chi connectivity index (χ1v) is 10.6. The molecule has 4 nitrogen and oxygen atoms in total. The molecule has 3 fully saturated rings. The molecular formula is C23H32ClNO3. The van der Waals surface area contributed by atoms with Crippen LogP contribution >= 0.6 is 12.4 Å². The highest BCUT2D eigenvalue weighted by atomic mass is 35.5. The molecule has 2 bridgehead atoms. The minimum Gasteiger partial charge on any atom is -0.508 e. The molecular weight excluding hydrogens is 374 g/mol. The number of carbonyl (C=O) groups excluding carboxylic acids is 1. The molecule has 1 aromatic rings. The lowest BCUT2D eigenvalue weighted by molar-refractivity contribution is -0.211. The summed E-state index contributed by atoms with van der Waals surface area (Å²) in [6.45, 7) is 4.41. The Morgan fingerprint density at radius 2 is 2.07 bits per heavy atom. The number of phenolic OH excluding ortho intramolecular Hbond substituents is 1. The van der Waals surface area contributed by atoms with E-state index < -0.39 is 0 Å². The normalized spacial score (nSPS) is 37.4. The zero-order valence-electron chi connectivity index (χ0n) is 16.9. The first kappa shape index (κ1) is 20.2. The third kappa shape index (κ3) is 2.54. The fourth-order valence-corrected chi connectivity index (χ4v) is 7.08. The average molecular weight is 406 g/mol.